The number of nitrogens with two attached hydrogens (primary N) is 1. The van der Waals surface area contributed by atoms with E-state index >= 15 is 0 Å². The molecule has 19 heavy (non-hydrogen) atoms. The van der Waals surface area contributed by atoms with Crippen LogP contribution in [0.1, 0.15) is 84.5 Å². The molecule has 0 aromatic rings. The van der Waals surface area contributed by atoms with Gasteiger partial charge in [0.25, 0.3) is 0 Å². The summed E-state index contributed by atoms with van der Waals surface area (Å²) in [7, 11) is 0. The Kier molecular flexibility index (Phi) is 7.44. The zero-order valence-corrected chi connectivity index (χ0v) is 12.7. The van der Waals surface area contributed by atoms with E-state index in [-0.39, 0.29) is 17.6 Å². The van der Waals surface area contributed by atoms with Crippen molar-refractivity contribution in [2.45, 2.75) is 96.1 Å². The summed E-state index contributed by atoms with van der Waals surface area (Å²) in [5.74, 6) is -0.104. The lowest BCUT2D eigenvalue weighted by Crippen LogP contribution is -2.44. The number of hydrogen-bond acceptors (Lipinski definition) is 3. The molecule has 0 aromatic heterocycles. The van der Waals surface area contributed by atoms with Crippen molar-refractivity contribution in [1.29, 1.82) is 0 Å². The monoisotopic (exact) mass is 269 g/mol. The van der Waals surface area contributed by atoms with Crippen LogP contribution < -0.4 is 5.73 Å². The van der Waals surface area contributed by atoms with Crippen molar-refractivity contribution in [1.82, 2.24) is 0 Å². The van der Waals surface area contributed by atoms with Crippen molar-refractivity contribution in [3.05, 3.63) is 0 Å². The molecule has 1 saturated carbocycles. The van der Waals surface area contributed by atoms with Crippen molar-refractivity contribution in [3.8, 4) is 0 Å². The summed E-state index contributed by atoms with van der Waals surface area (Å²) in [4.78, 5) is 11.9. The molecule has 1 aliphatic rings. The SMILES string of the molecule is CCCCCCC(C)OC(=O)CC1(N)CCCCC1. The molecule has 1 unspecified atom stereocenters. The minimum absolute atomic E-state index is 0.0385. The Labute approximate surface area is 118 Å². The number of esters is 1. The van der Waals surface area contributed by atoms with E-state index in [9.17, 15) is 4.79 Å². The van der Waals surface area contributed by atoms with Gasteiger partial charge in [0, 0.05) is 5.54 Å². The number of rotatable bonds is 8. The first-order valence-electron chi connectivity index (χ1n) is 8.04. The maximum absolute atomic E-state index is 11.9. The second-order valence-electron chi connectivity index (χ2n) is 6.25. The third-order valence-corrected chi connectivity index (χ3v) is 4.14. The van der Waals surface area contributed by atoms with E-state index < -0.39 is 0 Å². The average Bonchev–Trinajstić information content (AvgIpc) is 2.34. The van der Waals surface area contributed by atoms with Gasteiger partial charge in [-0.15, -0.1) is 0 Å². The largest absolute Gasteiger partial charge is 0.463 e. The van der Waals surface area contributed by atoms with Crippen LogP contribution in [-0.2, 0) is 9.53 Å². The van der Waals surface area contributed by atoms with Gasteiger partial charge in [0.2, 0.25) is 0 Å². The zero-order valence-electron chi connectivity index (χ0n) is 12.7. The van der Waals surface area contributed by atoms with Crippen LogP contribution in [0.2, 0.25) is 0 Å². The van der Waals surface area contributed by atoms with Gasteiger partial charge in [-0.2, -0.15) is 0 Å². The molecule has 0 saturated heterocycles. The Morgan fingerprint density at radius 3 is 2.53 bits per heavy atom. The van der Waals surface area contributed by atoms with Crippen molar-refractivity contribution < 1.29 is 9.53 Å². The van der Waals surface area contributed by atoms with Crippen LogP contribution in [0, 0.1) is 0 Å². The van der Waals surface area contributed by atoms with Crippen molar-refractivity contribution >= 4 is 5.97 Å². The van der Waals surface area contributed by atoms with Crippen LogP contribution in [0.3, 0.4) is 0 Å². The van der Waals surface area contributed by atoms with Crippen LogP contribution in [0.25, 0.3) is 0 Å². The highest BCUT2D eigenvalue weighted by molar-refractivity contribution is 5.71. The predicted octanol–water partition coefficient (Wildman–Crippen LogP) is 3.94. The molecule has 0 heterocycles. The quantitative estimate of drug-likeness (QED) is 0.536. The van der Waals surface area contributed by atoms with E-state index in [2.05, 4.69) is 6.92 Å². The van der Waals surface area contributed by atoms with Gasteiger partial charge in [-0.05, 0) is 32.6 Å². The number of ether oxygens (including phenoxy) is 1. The molecule has 1 atom stereocenters. The number of unbranched alkanes of at least 4 members (excludes halogenated alkanes) is 3. The molecule has 0 radical (unpaired) electrons. The minimum atomic E-state index is -0.294. The Bertz CT molecular complexity index is 259. The summed E-state index contributed by atoms with van der Waals surface area (Å²) in [5.41, 5.74) is 5.98. The molecule has 3 nitrogen and oxygen atoms in total. The summed E-state index contributed by atoms with van der Waals surface area (Å²) in [6.45, 7) is 4.20. The first-order valence-corrected chi connectivity index (χ1v) is 8.04. The molecule has 1 aliphatic carbocycles. The van der Waals surface area contributed by atoms with Gasteiger partial charge in [-0.3, -0.25) is 4.79 Å². The fourth-order valence-electron chi connectivity index (χ4n) is 2.90. The van der Waals surface area contributed by atoms with E-state index in [4.69, 9.17) is 10.5 Å². The lowest BCUT2D eigenvalue weighted by molar-refractivity contribution is -0.150. The maximum Gasteiger partial charge on any atom is 0.307 e. The third kappa shape index (κ3) is 6.95. The van der Waals surface area contributed by atoms with Crippen molar-refractivity contribution in [2.75, 3.05) is 0 Å². The standard InChI is InChI=1S/C16H31NO2/c1-3-4-5-7-10-14(2)19-15(18)13-16(17)11-8-6-9-12-16/h14H,3-13,17H2,1-2H3. The third-order valence-electron chi connectivity index (χ3n) is 4.14. The molecule has 1 fully saturated rings. The highest BCUT2D eigenvalue weighted by Crippen LogP contribution is 2.29. The number of carbonyl (C=O) groups excluding carboxylic acids is 1. The summed E-state index contributed by atoms with van der Waals surface area (Å²) in [6.07, 6.45) is 11.8. The van der Waals surface area contributed by atoms with Crippen molar-refractivity contribution in [3.63, 3.8) is 0 Å². The summed E-state index contributed by atoms with van der Waals surface area (Å²) >= 11 is 0. The highest BCUT2D eigenvalue weighted by atomic mass is 16.5. The number of carbonyl (C=O) groups is 1. The van der Waals surface area contributed by atoms with Gasteiger partial charge in [-0.1, -0.05) is 45.4 Å². The van der Waals surface area contributed by atoms with Crippen LogP contribution >= 0.6 is 0 Å². The van der Waals surface area contributed by atoms with E-state index in [1.807, 2.05) is 6.92 Å². The van der Waals surface area contributed by atoms with Crippen molar-refractivity contribution in [2.24, 2.45) is 5.73 Å². The van der Waals surface area contributed by atoms with Gasteiger partial charge >= 0.3 is 5.97 Å². The van der Waals surface area contributed by atoms with Crippen LogP contribution in [0.4, 0.5) is 0 Å². The average molecular weight is 269 g/mol. The Balaban J connectivity index is 2.18. The molecular formula is C16H31NO2. The minimum Gasteiger partial charge on any atom is -0.463 e. The number of hydrogen-bond donors (Lipinski definition) is 1. The lowest BCUT2D eigenvalue weighted by atomic mass is 9.80. The van der Waals surface area contributed by atoms with Gasteiger partial charge < -0.3 is 10.5 Å². The molecule has 3 heteroatoms. The van der Waals surface area contributed by atoms with E-state index in [1.54, 1.807) is 0 Å². The molecular weight excluding hydrogens is 238 g/mol. The fraction of sp³-hybridized carbons (Fsp3) is 0.938. The van der Waals surface area contributed by atoms with Gasteiger partial charge in [0.05, 0.1) is 12.5 Å². The van der Waals surface area contributed by atoms with Crippen LogP contribution in [0.15, 0.2) is 0 Å². The summed E-state index contributed by atoms with van der Waals surface area (Å²) in [5, 5.41) is 0. The molecule has 2 N–H and O–H groups in total. The molecule has 0 aromatic carbocycles. The van der Waals surface area contributed by atoms with Gasteiger partial charge in [0.15, 0.2) is 0 Å². The van der Waals surface area contributed by atoms with E-state index in [1.165, 1.54) is 25.7 Å². The van der Waals surface area contributed by atoms with Crippen LogP contribution in [-0.4, -0.2) is 17.6 Å². The van der Waals surface area contributed by atoms with Crippen LogP contribution in [0.5, 0.6) is 0 Å². The normalized spacial score (nSPS) is 19.9. The summed E-state index contributed by atoms with van der Waals surface area (Å²) in [6, 6.07) is 0. The molecule has 112 valence electrons. The van der Waals surface area contributed by atoms with Gasteiger partial charge in [-0.25, -0.2) is 0 Å². The molecule has 0 amide bonds. The van der Waals surface area contributed by atoms with E-state index in [0.29, 0.717) is 6.42 Å². The summed E-state index contributed by atoms with van der Waals surface area (Å²) < 4.78 is 5.48. The molecule has 0 spiro atoms. The smallest absolute Gasteiger partial charge is 0.307 e. The fourth-order valence-corrected chi connectivity index (χ4v) is 2.90. The second kappa shape index (κ2) is 8.57. The Morgan fingerprint density at radius 1 is 1.21 bits per heavy atom. The lowest BCUT2D eigenvalue weighted by Gasteiger charge is -2.32. The molecule has 0 bridgehead atoms. The first kappa shape index (κ1) is 16.5. The maximum atomic E-state index is 11.9. The van der Waals surface area contributed by atoms with E-state index in [0.717, 1.165) is 38.5 Å². The second-order valence-corrected chi connectivity index (χ2v) is 6.25. The predicted molar refractivity (Wildman–Crippen MR) is 78.9 cm³/mol. The zero-order chi connectivity index (χ0) is 14.1. The molecule has 1 rings (SSSR count). The topological polar surface area (TPSA) is 52.3 Å². The first-order chi connectivity index (χ1) is 9.06. The molecule has 0 aliphatic heterocycles. The van der Waals surface area contributed by atoms with Gasteiger partial charge in [0.1, 0.15) is 0 Å². The highest BCUT2D eigenvalue weighted by Gasteiger charge is 2.31. The Morgan fingerprint density at radius 2 is 1.89 bits per heavy atom. The Hall–Kier alpha value is -0.570.